The van der Waals surface area contributed by atoms with Crippen molar-refractivity contribution in [1.82, 2.24) is 9.88 Å². The van der Waals surface area contributed by atoms with Crippen LogP contribution >= 0.6 is 15.9 Å². The Bertz CT molecular complexity index is 486. The number of nitrogens with zero attached hydrogens (tertiary/aromatic N) is 3. The van der Waals surface area contributed by atoms with Crippen molar-refractivity contribution in [2.24, 2.45) is 10.9 Å². The maximum Gasteiger partial charge on any atom is 0.228 e. The quantitative estimate of drug-likeness (QED) is 0.557. The number of hydrogen-bond acceptors (Lipinski definition) is 3. The summed E-state index contributed by atoms with van der Waals surface area (Å²) >= 11 is 3.51. The summed E-state index contributed by atoms with van der Waals surface area (Å²) in [6.07, 6.45) is 5.67. The van der Waals surface area contributed by atoms with Crippen LogP contribution in [0.25, 0.3) is 0 Å². The summed E-state index contributed by atoms with van der Waals surface area (Å²) < 4.78 is 6.62. The predicted octanol–water partition coefficient (Wildman–Crippen LogP) is 3.94. The van der Waals surface area contributed by atoms with Gasteiger partial charge in [-0.1, -0.05) is 12.8 Å². The molecule has 1 saturated carbocycles. The molecule has 5 heteroatoms. The highest BCUT2D eigenvalue weighted by atomic mass is 79.9. The highest BCUT2D eigenvalue weighted by molar-refractivity contribution is 9.10. The van der Waals surface area contributed by atoms with E-state index in [1.807, 2.05) is 31.3 Å². The summed E-state index contributed by atoms with van der Waals surface area (Å²) in [5, 5.41) is 0. The van der Waals surface area contributed by atoms with Crippen LogP contribution in [0.2, 0.25) is 0 Å². The topological polar surface area (TPSA) is 37.7 Å². The zero-order valence-corrected chi connectivity index (χ0v) is 14.0. The van der Waals surface area contributed by atoms with Gasteiger partial charge in [-0.05, 0) is 48.2 Å². The van der Waals surface area contributed by atoms with Gasteiger partial charge in [0.15, 0.2) is 0 Å². The Labute approximate surface area is 129 Å². The van der Waals surface area contributed by atoms with Crippen LogP contribution in [0.1, 0.15) is 31.9 Å². The van der Waals surface area contributed by atoms with Gasteiger partial charge in [-0.2, -0.15) is 0 Å². The monoisotopic (exact) mass is 339 g/mol. The number of ether oxygens (including phenoxy) is 1. The zero-order valence-electron chi connectivity index (χ0n) is 12.4. The molecular weight excluding hydrogens is 318 g/mol. The first-order chi connectivity index (χ1) is 9.60. The summed E-state index contributed by atoms with van der Waals surface area (Å²) in [4.78, 5) is 11.0. The second kappa shape index (κ2) is 7.07. The first-order valence-corrected chi connectivity index (χ1v) is 7.93. The molecule has 0 spiro atoms. The first kappa shape index (κ1) is 15.3. The van der Waals surface area contributed by atoms with Gasteiger partial charge in [0.1, 0.15) is 0 Å². The Morgan fingerprint density at radius 2 is 2.30 bits per heavy atom. The van der Waals surface area contributed by atoms with Gasteiger partial charge >= 0.3 is 0 Å². The molecule has 1 aliphatic carbocycles. The van der Waals surface area contributed by atoms with Gasteiger partial charge in [0, 0.05) is 13.6 Å². The van der Waals surface area contributed by atoms with Crippen molar-refractivity contribution in [2.45, 2.75) is 33.1 Å². The van der Waals surface area contributed by atoms with Gasteiger partial charge in [-0.3, -0.25) is 0 Å². The molecule has 1 aromatic heterocycles. The third-order valence-corrected chi connectivity index (χ3v) is 4.03. The molecule has 1 aromatic rings. The van der Waals surface area contributed by atoms with Crippen LogP contribution in [-0.4, -0.2) is 36.4 Å². The van der Waals surface area contributed by atoms with E-state index in [2.05, 4.69) is 32.8 Å². The second-order valence-corrected chi connectivity index (χ2v) is 6.13. The number of pyridine rings is 1. The van der Waals surface area contributed by atoms with Gasteiger partial charge in [-0.25, -0.2) is 9.98 Å². The molecule has 0 atom stereocenters. The molecule has 0 amide bonds. The number of aliphatic imine (C=N–C) groups is 1. The molecule has 0 radical (unpaired) electrons. The van der Waals surface area contributed by atoms with Crippen molar-refractivity contribution >= 4 is 28.0 Å². The van der Waals surface area contributed by atoms with E-state index in [4.69, 9.17) is 4.74 Å². The SMILES string of the molecule is CCN(C)C=Nc1cc(Br)c(OCCC2CC2)nc1C. The average molecular weight is 340 g/mol. The van der Waals surface area contributed by atoms with Gasteiger partial charge < -0.3 is 9.64 Å². The molecule has 0 aromatic carbocycles. The number of hydrogen-bond donors (Lipinski definition) is 0. The lowest BCUT2D eigenvalue weighted by molar-refractivity contribution is 0.289. The molecule has 4 nitrogen and oxygen atoms in total. The Morgan fingerprint density at radius 3 is 2.95 bits per heavy atom. The van der Waals surface area contributed by atoms with Gasteiger partial charge in [0.25, 0.3) is 0 Å². The van der Waals surface area contributed by atoms with E-state index in [1.54, 1.807) is 0 Å². The zero-order chi connectivity index (χ0) is 14.5. The van der Waals surface area contributed by atoms with Crippen molar-refractivity contribution in [3.05, 3.63) is 16.2 Å². The Hall–Kier alpha value is -1.10. The maximum absolute atomic E-state index is 5.75. The molecular formula is C15H22BrN3O. The second-order valence-electron chi connectivity index (χ2n) is 5.28. The number of halogens is 1. The fourth-order valence-corrected chi connectivity index (χ4v) is 2.17. The minimum absolute atomic E-state index is 0.672. The summed E-state index contributed by atoms with van der Waals surface area (Å²) in [7, 11) is 2.00. The number of aromatic nitrogens is 1. The molecule has 1 heterocycles. The van der Waals surface area contributed by atoms with Crippen molar-refractivity contribution in [2.75, 3.05) is 20.2 Å². The minimum atomic E-state index is 0.672. The first-order valence-electron chi connectivity index (χ1n) is 7.14. The number of aryl methyl sites for hydroxylation is 1. The van der Waals surface area contributed by atoms with Crippen molar-refractivity contribution < 1.29 is 4.74 Å². The molecule has 2 rings (SSSR count). The van der Waals surface area contributed by atoms with Crippen LogP contribution in [0.5, 0.6) is 5.88 Å². The van der Waals surface area contributed by atoms with Gasteiger partial charge in [-0.15, -0.1) is 0 Å². The minimum Gasteiger partial charge on any atom is -0.477 e. The van der Waals surface area contributed by atoms with Gasteiger partial charge in [0.05, 0.1) is 28.8 Å². The lowest BCUT2D eigenvalue weighted by Crippen LogP contribution is -2.14. The number of rotatable bonds is 7. The Morgan fingerprint density at radius 1 is 1.55 bits per heavy atom. The highest BCUT2D eigenvalue weighted by Crippen LogP contribution is 2.33. The molecule has 0 unspecified atom stereocenters. The smallest absolute Gasteiger partial charge is 0.228 e. The fourth-order valence-electron chi connectivity index (χ4n) is 1.75. The summed E-state index contributed by atoms with van der Waals surface area (Å²) in [6, 6.07) is 1.97. The molecule has 0 saturated heterocycles. The van der Waals surface area contributed by atoms with Crippen LogP contribution < -0.4 is 4.74 Å². The van der Waals surface area contributed by atoms with E-state index >= 15 is 0 Å². The van der Waals surface area contributed by atoms with Crippen LogP contribution in [-0.2, 0) is 0 Å². The third-order valence-electron chi connectivity index (χ3n) is 3.46. The maximum atomic E-state index is 5.75. The van der Waals surface area contributed by atoms with E-state index in [0.29, 0.717) is 5.88 Å². The third kappa shape index (κ3) is 4.47. The van der Waals surface area contributed by atoms with Crippen molar-refractivity contribution in [3.63, 3.8) is 0 Å². The molecule has 110 valence electrons. The van der Waals surface area contributed by atoms with E-state index in [0.717, 1.165) is 41.3 Å². The largest absolute Gasteiger partial charge is 0.477 e. The van der Waals surface area contributed by atoms with Gasteiger partial charge in [0.2, 0.25) is 5.88 Å². The lowest BCUT2D eigenvalue weighted by atomic mass is 10.3. The lowest BCUT2D eigenvalue weighted by Gasteiger charge is -2.11. The van der Waals surface area contributed by atoms with E-state index in [1.165, 1.54) is 12.8 Å². The summed E-state index contributed by atoms with van der Waals surface area (Å²) in [5.74, 6) is 1.55. The van der Waals surface area contributed by atoms with Crippen LogP contribution in [0.4, 0.5) is 5.69 Å². The summed E-state index contributed by atoms with van der Waals surface area (Å²) in [5.41, 5.74) is 1.75. The molecule has 0 bridgehead atoms. The van der Waals surface area contributed by atoms with E-state index in [9.17, 15) is 0 Å². The van der Waals surface area contributed by atoms with Crippen molar-refractivity contribution in [1.29, 1.82) is 0 Å². The van der Waals surface area contributed by atoms with Crippen molar-refractivity contribution in [3.8, 4) is 5.88 Å². The fraction of sp³-hybridized carbons (Fsp3) is 0.600. The van der Waals surface area contributed by atoms with E-state index < -0.39 is 0 Å². The molecule has 20 heavy (non-hydrogen) atoms. The Kier molecular flexibility index (Phi) is 5.40. The standard InChI is InChI=1S/C15H22BrN3O/c1-4-19(3)10-17-14-9-13(16)15(18-11(14)2)20-8-7-12-5-6-12/h9-10,12H,4-8H2,1-3H3. The van der Waals surface area contributed by atoms with Crippen LogP contribution in [0.15, 0.2) is 15.5 Å². The highest BCUT2D eigenvalue weighted by Gasteiger charge is 2.21. The average Bonchev–Trinajstić information content (AvgIpc) is 3.24. The molecule has 0 aliphatic heterocycles. The van der Waals surface area contributed by atoms with Crippen LogP contribution in [0, 0.1) is 12.8 Å². The summed E-state index contributed by atoms with van der Waals surface area (Å²) in [6.45, 7) is 5.72. The normalized spacial score (nSPS) is 14.8. The van der Waals surface area contributed by atoms with Crippen LogP contribution in [0.3, 0.4) is 0 Å². The molecule has 0 N–H and O–H groups in total. The Balaban J connectivity index is 2.00. The molecule has 1 fully saturated rings. The molecule has 1 aliphatic rings. The predicted molar refractivity (Wildman–Crippen MR) is 86.0 cm³/mol. The van der Waals surface area contributed by atoms with E-state index in [-0.39, 0.29) is 0 Å².